The van der Waals surface area contributed by atoms with E-state index in [2.05, 4.69) is 25.8 Å². The van der Waals surface area contributed by atoms with Crippen LogP contribution in [0.25, 0.3) is 5.69 Å². The standard InChI is InChI=1S/C19H19F3N8O/c1-13-3-5-15(16(20)9-13)18(31,11-29-12-26-28(2)27-29)19(21,22)17-6-4-14(10-23-17)30-24-7-8-25-30/h3-10,12,27,31H,11H2,1-2H3. The van der Waals surface area contributed by atoms with Crippen LogP contribution in [-0.4, -0.2) is 55.1 Å². The predicted molar refractivity (Wildman–Crippen MR) is 104 cm³/mol. The number of β-amino-alcohol motifs (C(OH)–C–C–N with tert-alkyl or cyclic N) is 1. The van der Waals surface area contributed by atoms with E-state index in [1.54, 1.807) is 14.0 Å². The third-order valence-electron chi connectivity index (χ3n) is 4.85. The second-order valence-corrected chi connectivity index (χ2v) is 7.12. The maximum absolute atomic E-state index is 15.8. The van der Waals surface area contributed by atoms with E-state index in [1.165, 1.54) is 40.8 Å². The Balaban J connectivity index is 1.76. The minimum absolute atomic E-state index is 0.351. The zero-order valence-electron chi connectivity index (χ0n) is 16.6. The molecule has 0 bridgehead atoms. The molecule has 0 aliphatic carbocycles. The van der Waals surface area contributed by atoms with Crippen LogP contribution in [0, 0.1) is 12.7 Å². The summed E-state index contributed by atoms with van der Waals surface area (Å²) in [6.45, 7) is 0.912. The van der Waals surface area contributed by atoms with Gasteiger partial charge in [0.2, 0.25) is 0 Å². The molecule has 162 valence electrons. The summed E-state index contributed by atoms with van der Waals surface area (Å²) < 4.78 is 46.3. The Morgan fingerprint density at radius 1 is 1.13 bits per heavy atom. The first-order valence-corrected chi connectivity index (χ1v) is 9.21. The number of hydrazine groups is 2. The number of hydrazone groups is 1. The number of aromatic nitrogens is 4. The Labute approximate surface area is 175 Å². The maximum atomic E-state index is 15.8. The molecule has 4 rings (SSSR count). The average Bonchev–Trinajstić information content (AvgIpc) is 3.40. The highest BCUT2D eigenvalue weighted by molar-refractivity contribution is 5.55. The van der Waals surface area contributed by atoms with Gasteiger partial charge in [-0.2, -0.15) is 23.8 Å². The van der Waals surface area contributed by atoms with Gasteiger partial charge in [-0.25, -0.2) is 9.51 Å². The minimum atomic E-state index is -3.98. The highest BCUT2D eigenvalue weighted by Gasteiger charge is 2.58. The van der Waals surface area contributed by atoms with Gasteiger partial charge >= 0.3 is 5.92 Å². The van der Waals surface area contributed by atoms with Crippen molar-refractivity contribution in [2.45, 2.75) is 18.4 Å². The number of nitrogens with one attached hydrogen (secondary N) is 1. The third-order valence-corrected chi connectivity index (χ3v) is 4.85. The Hall–Kier alpha value is -3.51. The topological polar surface area (TPSA) is 94.7 Å². The van der Waals surface area contributed by atoms with Crippen molar-refractivity contribution < 1.29 is 18.3 Å². The lowest BCUT2D eigenvalue weighted by Crippen LogP contribution is -2.55. The van der Waals surface area contributed by atoms with Crippen molar-refractivity contribution in [1.82, 2.24) is 35.6 Å². The lowest BCUT2D eigenvalue weighted by Gasteiger charge is -2.38. The molecule has 0 saturated carbocycles. The molecule has 12 heteroatoms. The van der Waals surface area contributed by atoms with Gasteiger partial charge in [0.15, 0.2) is 5.60 Å². The maximum Gasteiger partial charge on any atom is 0.323 e. The quantitative estimate of drug-likeness (QED) is 0.612. The summed E-state index contributed by atoms with van der Waals surface area (Å²) in [5.41, 5.74) is -0.751. The summed E-state index contributed by atoms with van der Waals surface area (Å²) in [6, 6.07) is 6.08. The number of rotatable bonds is 6. The lowest BCUT2D eigenvalue weighted by atomic mass is 9.84. The zero-order valence-corrected chi connectivity index (χ0v) is 16.6. The molecule has 0 amide bonds. The van der Waals surface area contributed by atoms with Crippen molar-refractivity contribution in [3.63, 3.8) is 0 Å². The molecule has 1 unspecified atom stereocenters. The third kappa shape index (κ3) is 3.70. The Kier molecular flexibility index (Phi) is 5.11. The summed E-state index contributed by atoms with van der Waals surface area (Å²) in [5, 5.41) is 25.4. The largest absolute Gasteiger partial charge is 0.377 e. The first-order valence-electron chi connectivity index (χ1n) is 9.21. The molecule has 1 aliphatic heterocycles. The molecule has 1 atom stereocenters. The number of pyridine rings is 1. The first-order chi connectivity index (χ1) is 14.7. The molecule has 31 heavy (non-hydrogen) atoms. The fourth-order valence-corrected chi connectivity index (χ4v) is 3.26. The summed E-state index contributed by atoms with van der Waals surface area (Å²) in [4.78, 5) is 5.03. The summed E-state index contributed by atoms with van der Waals surface area (Å²) >= 11 is 0. The van der Waals surface area contributed by atoms with E-state index in [1.807, 2.05) is 0 Å². The molecule has 0 saturated heterocycles. The Morgan fingerprint density at radius 2 is 1.87 bits per heavy atom. The zero-order chi connectivity index (χ0) is 22.2. The number of hydrogen-bond acceptors (Lipinski definition) is 8. The van der Waals surface area contributed by atoms with Gasteiger partial charge in [-0.1, -0.05) is 12.1 Å². The van der Waals surface area contributed by atoms with E-state index >= 15 is 8.78 Å². The molecule has 2 N–H and O–H groups in total. The van der Waals surface area contributed by atoms with Crippen molar-refractivity contribution in [2.75, 3.05) is 13.6 Å². The second kappa shape index (κ2) is 7.63. The van der Waals surface area contributed by atoms with E-state index in [0.717, 1.165) is 29.4 Å². The van der Waals surface area contributed by atoms with Gasteiger partial charge in [-0.15, -0.1) is 10.6 Å². The average molecular weight is 432 g/mol. The van der Waals surface area contributed by atoms with E-state index in [9.17, 15) is 9.50 Å². The normalized spacial score (nSPS) is 16.1. The number of aryl methyl sites for hydroxylation is 1. The number of benzene rings is 1. The van der Waals surface area contributed by atoms with Crippen LogP contribution in [0.1, 0.15) is 16.8 Å². The van der Waals surface area contributed by atoms with Crippen LogP contribution >= 0.6 is 0 Å². The molecule has 1 aliphatic rings. The molecule has 3 aromatic rings. The SMILES string of the molecule is Cc1ccc(C(O)(CN2C=NN(C)N2)C(F)(F)c2ccc(-n3nccn3)cn2)c(F)c1. The number of aliphatic hydroxyl groups is 1. The van der Waals surface area contributed by atoms with Gasteiger partial charge in [0, 0.05) is 12.6 Å². The molecule has 9 nitrogen and oxygen atoms in total. The van der Waals surface area contributed by atoms with E-state index in [0.29, 0.717) is 11.3 Å². The molecule has 2 aromatic heterocycles. The van der Waals surface area contributed by atoms with Crippen LogP contribution in [0.15, 0.2) is 54.0 Å². The van der Waals surface area contributed by atoms with Gasteiger partial charge in [-0.3, -0.25) is 9.99 Å². The van der Waals surface area contributed by atoms with Crippen molar-refractivity contribution in [2.24, 2.45) is 5.10 Å². The second-order valence-electron chi connectivity index (χ2n) is 7.12. The van der Waals surface area contributed by atoms with Gasteiger partial charge in [0.1, 0.15) is 23.5 Å². The minimum Gasteiger partial charge on any atom is -0.377 e. The number of hydrogen-bond donors (Lipinski definition) is 2. The van der Waals surface area contributed by atoms with Crippen molar-refractivity contribution >= 4 is 6.34 Å². The van der Waals surface area contributed by atoms with Crippen molar-refractivity contribution in [3.05, 3.63) is 71.6 Å². The molecular formula is C19H19F3N8O. The first kappa shape index (κ1) is 20.8. The molecular weight excluding hydrogens is 413 g/mol. The van der Waals surface area contributed by atoms with Crippen LogP contribution in [0.5, 0.6) is 0 Å². The number of halogens is 3. The Morgan fingerprint density at radius 3 is 2.45 bits per heavy atom. The van der Waals surface area contributed by atoms with E-state index in [-0.39, 0.29) is 0 Å². The lowest BCUT2D eigenvalue weighted by molar-refractivity contribution is -0.207. The highest BCUT2D eigenvalue weighted by atomic mass is 19.3. The fraction of sp³-hybridized carbons (Fsp3) is 0.263. The van der Waals surface area contributed by atoms with Crippen LogP contribution in [0.2, 0.25) is 0 Å². The molecule has 3 heterocycles. The number of nitrogens with zero attached hydrogens (tertiary/aromatic N) is 7. The molecule has 1 aromatic carbocycles. The Bertz CT molecular complexity index is 1090. The van der Waals surface area contributed by atoms with Crippen molar-refractivity contribution in [3.8, 4) is 5.69 Å². The van der Waals surface area contributed by atoms with Gasteiger partial charge in [0.25, 0.3) is 0 Å². The molecule has 0 radical (unpaired) electrons. The van der Waals surface area contributed by atoms with E-state index in [4.69, 9.17) is 0 Å². The summed E-state index contributed by atoms with van der Waals surface area (Å²) in [5.74, 6) is -4.93. The van der Waals surface area contributed by atoms with Gasteiger partial charge in [-0.05, 0) is 30.7 Å². The highest BCUT2D eigenvalue weighted by Crippen LogP contribution is 2.46. The van der Waals surface area contributed by atoms with Gasteiger partial charge < -0.3 is 5.11 Å². The van der Waals surface area contributed by atoms with Gasteiger partial charge in [0.05, 0.1) is 25.1 Å². The van der Waals surface area contributed by atoms with Crippen LogP contribution in [0.3, 0.4) is 0 Å². The summed E-state index contributed by atoms with van der Waals surface area (Å²) in [7, 11) is 1.55. The predicted octanol–water partition coefficient (Wildman–Crippen LogP) is 1.70. The fourth-order valence-electron chi connectivity index (χ4n) is 3.26. The molecule has 0 fully saturated rings. The van der Waals surface area contributed by atoms with Crippen LogP contribution in [0.4, 0.5) is 13.2 Å². The van der Waals surface area contributed by atoms with Crippen molar-refractivity contribution in [1.29, 1.82) is 0 Å². The monoisotopic (exact) mass is 432 g/mol. The van der Waals surface area contributed by atoms with Crippen LogP contribution < -0.4 is 5.53 Å². The van der Waals surface area contributed by atoms with E-state index < -0.39 is 35.1 Å². The smallest absolute Gasteiger partial charge is 0.323 e. The van der Waals surface area contributed by atoms with Crippen LogP contribution in [-0.2, 0) is 11.5 Å². The summed E-state index contributed by atoms with van der Waals surface area (Å²) in [6.07, 6.45) is 5.23. The number of alkyl halides is 2. The molecule has 0 spiro atoms.